The molecule has 7 nitrogen and oxygen atoms in total. The van der Waals surface area contributed by atoms with Crippen LogP contribution in [-0.4, -0.2) is 42.7 Å². The maximum atomic E-state index is 11.9. The molecule has 142 valence electrons. The topological polar surface area (TPSA) is 93.3 Å². The highest BCUT2D eigenvalue weighted by Crippen LogP contribution is 2.30. The summed E-state index contributed by atoms with van der Waals surface area (Å²) < 4.78 is 9.46. The van der Waals surface area contributed by atoms with Gasteiger partial charge >= 0.3 is 11.9 Å². The lowest BCUT2D eigenvalue weighted by Gasteiger charge is -2.02. The lowest BCUT2D eigenvalue weighted by atomic mass is 10.1. The number of methoxy groups -OCH3 is 2. The smallest absolute Gasteiger partial charge is 0.339 e. The highest BCUT2D eigenvalue weighted by molar-refractivity contribution is 7.14. The van der Waals surface area contributed by atoms with Gasteiger partial charge in [0.25, 0.3) is 0 Å². The number of carbonyl (C=O) groups excluding carboxylic acids is 2. The minimum absolute atomic E-state index is 0.162. The number of aromatic nitrogens is 2. The van der Waals surface area contributed by atoms with Crippen LogP contribution in [-0.2, 0) is 14.3 Å². The van der Waals surface area contributed by atoms with Gasteiger partial charge in [-0.3, -0.25) is 4.79 Å². The number of hydrogen-bond donors (Lipinski definition) is 2. The molecule has 0 aliphatic heterocycles. The monoisotopic (exact) mass is 379 g/mol. The second-order valence-corrected chi connectivity index (χ2v) is 6.83. The summed E-state index contributed by atoms with van der Waals surface area (Å²) in [4.78, 5) is 30.8. The summed E-state index contributed by atoms with van der Waals surface area (Å²) in [5.74, 6) is -0.506. The van der Waals surface area contributed by atoms with Crippen LogP contribution in [0, 0.1) is 13.8 Å². The van der Waals surface area contributed by atoms with Crippen molar-refractivity contribution in [1.29, 1.82) is 0 Å². The Labute approximate surface area is 157 Å². The van der Waals surface area contributed by atoms with Gasteiger partial charge in [-0.25, -0.2) is 9.78 Å². The highest BCUT2D eigenvalue weighted by Gasteiger charge is 2.20. The van der Waals surface area contributed by atoms with Crippen molar-refractivity contribution in [3.05, 3.63) is 22.2 Å². The molecule has 2 aromatic rings. The highest BCUT2D eigenvalue weighted by atomic mass is 32.1. The second-order valence-electron chi connectivity index (χ2n) is 5.97. The number of hydrogen-bond acceptors (Lipinski definition) is 7. The summed E-state index contributed by atoms with van der Waals surface area (Å²) in [5, 5.41) is 6.09. The summed E-state index contributed by atoms with van der Waals surface area (Å²) in [6, 6.07) is 0. The molecule has 0 spiro atoms. The summed E-state index contributed by atoms with van der Waals surface area (Å²) in [5.41, 5.74) is 3.83. The Bertz CT molecular complexity index is 767. The molecular formula is C18H25N3O4S. The first-order chi connectivity index (χ1) is 12.5. The molecule has 0 amide bonds. The number of H-pyrrole nitrogens is 1. The first kappa shape index (κ1) is 20.0. The third kappa shape index (κ3) is 4.85. The van der Waals surface area contributed by atoms with Crippen LogP contribution in [0.4, 0.5) is 5.13 Å². The molecule has 0 radical (unpaired) electrons. The number of ether oxygens (including phenoxy) is 2. The summed E-state index contributed by atoms with van der Waals surface area (Å²) in [7, 11) is 2.79. The molecule has 2 rings (SSSR count). The van der Waals surface area contributed by atoms with E-state index in [4.69, 9.17) is 4.74 Å². The van der Waals surface area contributed by atoms with Crippen LogP contribution in [0.2, 0.25) is 0 Å². The molecule has 0 aliphatic carbocycles. The fourth-order valence-electron chi connectivity index (χ4n) is 2.75. The van der Waals surface area contributed by atoms with E-state index in [1.54, 1.807) is 0 Å². The van der Waals surface area contributed by atoms with Crippen LogP contribution in [0.5, 0.6) is 0 Å². The molecule has 0 aromatic carbocycles. The van der Waals surface area contributed by atoms with Crippen molar-refractivity contribution in [2.75, 3.05) is 26.1 Å². The summed E-state index contributed by atoms with van der Waals surface area (Å²) in [6.45, 7) is 4.53. The zero-order chi connectivity index (χ0) is 19.1. The normalized spacial score (nSPS) is 10.6. The lowest BCUT2D eigenvalue weighted by molar-refractivity contribution is -0.140. The maximum Gasteiger partial charge on any atom is 0.339 e. The largest absolute Gasteiger partial charge is 0.469 e. The average molecular weight is 379 g/mol. The number of nitrogens with zero attached hydrogens (tertiary/aromatic N) is 1. The molecule has 0 bridgehead atoms. The third-order valence-corrected chi connectivity index (χ3v) is 4.95. The molecule has 8 heteroatoms. The maximum absolute atomic E-state index is 11.9. The number of nitrogens with one attached hydrogen (secondary N) is 2. The van der Waals surface area contributed by atoms with Crippen LogP contribution in [0.25, 0.3) is 11.4 Å². The molecule has 0 saturated heterocycles. The first-order valence-corrected chi connectivity index (χ1v) is 9.40. The number of aryl methyl sites for hydroxylation is 1. The van der Waals surface area contributed by atoms with Gasteiger partial charge in [0.1, 0.15) is 5.69 Å². The van der Waals surface area contributed by atoms with E-state index in [0.29, 0.717) is 12.0 Å². The number of aromatic amines is 1. The van der Waals surface area contributed by atoms with Gasteiger partial charge in [-0.15, -0.1) is 11.3 Å². The van der Waals surface area contributed by atoms with Crippen molar-refractivity contribution < 1.29 is 19.1 Å². The first-order valence-electron chi connectivity index (χ1n) is 8.52. The molecule has 2 N–H and O–H groups in total. The Kier molecular flexibility index (Phi) is 7.20. The quantitative estimate of drug-likeness (QED) is 0.510. The molecule has 0 unspecified atom stereocenters. The van der Waals surface area contributed by atoms with Gasteiger partial charge < -0.3 is 19.8 Å². The van der Waals surface area contributed by atoms with Crippen molar-refractivity contribution in [2.24, 2.45) is 0 Å². The van der Waals surface area contributed by atoms with Crippen LogP contribution in [0.3, 0.4) is 0 Å². The fraction of sp³-hybridized carbons (Fsp3) is 0.500. The zero-order valence-electron chi connectivity index (χ0n) is 15.6. The number of rotatable bonds is 9. The average Bonchev–Trinajstić information content (AvgIpc) is 3.21. The van der Waals surface area contributed by atoms with Crippen molar-refractivity contribution >= 4 is 28.4 Å². The Morgan fingerprint density at radius 1 is 1.19 bits per heavy atom. The lowest BCUT2D eigenvalue weighted by Crippen LogP contribution is -2.03. The van der Waals surface area contributed by atoms with E-state index >= 15 is 0 Å². The fourth-order valence-corrected chi connectivity index (χ4v) is 3.48. The van der Waals surface area contributed by atoms with Crippen LogP contribution < -0.4 is 5.32 Å². The summed E-state index contributed by atoms with van der Waals surface area (Å²) >= 11 is 1.52. The Balaban J connectivity index is 1.90. The van der Waals surface area contributed by atoms with E-state index in [-0.39, 0.29) is 11.9 Å². The van der Waals surface area contributed by atoms with Gasteiger partial charge in [-0.1, -0.05) is 6.42 Å². The van der Waals surface area contributed by atoms with E-state index in [0.717, 1.165) is 53.6 Å². The van der Waals surface area contributed by atoms with Crippen LogP contribution >= 0.6 is 11.3 Å². The van der Waals surface area contributed by atoms with Crippen LogP contribution in [0.15, 0.2) is 5.38 Å². The van der Waals surface area contributed by atoms with Crippen LogP contribution in [0.1, 0.15) is 47.3 Å². The Hall–Kier alpha value is -2.35. The van der Waals surface area contributed by atoms with Gasteiger partial charge in [0.15, 0.2) is 5.13 Å². The number of anilines is 1. The molecule has 26 heavy (non-hydrogen) atoms. The minimum atomic E-state index is -0.344. The van der Waals surface area contributed by atoms with E-state index in [1.807, 2.05) is 19.2 Å². The Morgan fingerprint density at radius 2 is 1.96 bits per heavy atom. The molecule has 0 fully saturated rings. The number of carbonyl (C=O) groups is 2. The third-order valence-electron chi connectivity index (χ3n) is 4.15. The predicted molar refractivity (Wildman–Crippen MR) is 102 cm³/mol. The van der Waals surface area contributed by atoms with Crippen molar-refractivity contribution in [1.82, 2.24) is 9.97 Å². The molecule has 0 atom stereocenters. The number of esters is 2. The van der Waals surface area contributed by atoms with Crippen molar-refractivity contribution in [3.8, 4) is 11.4 Å². The van der Waals surface area contributed by atoms with E-state index < -0.39 is 0 Å². The number of thiazole rings is 1. The summed E-state index contributed by atoms with van der Waals surface area (Å²) in [6.07, 6.45) is 3.21. The van der Waals surface area contributed by atoms with Gasteiger partial charge in [-0.2, -0.15) is 0 Å². The van der Waals surface area contributed by atoms with Gasteiger partial charge in [0.2, 0.25) is 0 Å². The minimum Gasteiger partial charge on any atom is -0.469 e. The predicted octanol–water partition coefficient (Wildman–Crippen LogP) is 3.69. The van der Waals surface area contributed by atoms with Crippen molar-refractivity contribution in [2.45, 2.75) is 39.5 Å². The zero-order valence-corrected chi connectivity index (χ0v) is 16.4. The van der Waals surface area contributed by atoms with E-state index in [1.165, 1.54) is 25.6 Å². The number of unbranched alkanes of at least 4 members (excludes halogenated alkanes) is 2. The van der Waals surface area contributed by atoms with E-state index in [9.17, 15) is 9.59 Å². The molecule has 0 aliphatic rings. The SMILES string of the molecule is COC(=O)CCCCCNc1nc(-c2[nH]c(C)c(C(=O)OC)c2C)cs1. The van der Waals surface area contributed by atoms with E-state index in [2.05, 4.69) is 20.0 Å². The van der Waals surface area contributed by atoms with Gasteiger partial charge in [-0.05, 0) is 32.3 Å². The molecular weight excluding hydrogens is 354 g/mol. The van der Waals surface area contributed by atoms with Gasteiger partial charge in [0, 0.05) is 24.0 Å². The molecule has 2 heterocycles. The standard InChI is InChI=1S/C18H25N3O4S/c1-11-15(17(23)25-4)12(2)20-16(11)13-10-26-18(21-13)19-9-7-5-6-8-14(22)24-3/h10,20H,5-9H2,1-4H3,(H,19,21). The van der Waals surface area contributed by atoms with Crippen molar-refractivity contribution in [3.63, 3.8) is 0 Å². The molecule has 2 aromatic heterocycles. The Morgan fingerprint density at radius 3 is 2.65 bits per heavy atom. The van der Waals surface area contributed by atoms with Gasteiger partial charge in [0.05, 0.1) is 25.5 Å². The second kappa shape index (κ2) is 9.38. The molecule has 0 saturated carbocycles.